The second kappa shape index (κ2) is 10.5. The van der Waals surface area contributed by atoms with Crippen LogP contribution >= 0.6 is 23.4 Å². The number of thioether (sulfide) groups is 1. The van der Waals surface area contributed by atoms with E-state index in [-0.39, 0.29) is 30.1 Å². The molecule has 6 nitrogen and oxygen atoms in total. The van der Waals surface area contributed by atoms with Crippen LogP contribution in [0.2, 0.25) is 5.02 Å². The molecule has 1 N–H and O–H groups in total. The first-order valence-electron chi connectivity index (χ1n) is 11.8. The number of aliphatic imine (C=N–C) groups is 1. The van der Waals surface area contributed by atoms with Crippen LogP contribution in [0, 0.1) is 19.7 Å². The summed E-state index contributed by atoms with van der Waals surface area (Å²) >= 11 is 7.33. The van der Waals surface area contributed by atoms with Crippen molar-refractivity contribution in [1.82, 2.24) is 5.01 Å². The number of halogens is 2. The van der Waals surface area contributed by atoms with Crippen molar-refractivity contribution in [2.24, 2.45) is 10.1 Å². The smallest absolute Gasteiger partial charge is 0.262 e. The summed E-state index contributed by atoms with van der Waals surface area (Å²) in [6.45, 7) is 3.99. The predicted molar refractivity (Wildman–Crippen MR) is 147 cm³/mol. The number of amides is 2. The van der Waals surface area contributed by atoms with Gasteiger partial charge in [-0.3, -0.25) is 9.59 Å². The van der Waals surface area contributed by atoms with Gasteiger partial charge in [0.1, 0.15) is 11.1 Å². The van der Waals surface area contributed by atoms with Crippen LogP contribution in [-0.2, 0) is 9.59 Å². The first-order chi connectivity index (χ1) is 17.8. The second-order valence-electron chi connectivity index (χ2n) is 9.06. The number of carbonyl (C=O) groups is 2. The summed E-state index contributed by atoms with van der Waals surface area (Å²) in [4.78, 5) is 29.8. The van der Waals surface area contributed by atoms with Crippen LogP contribution < -0.4 is 5.32 Å². The number of benzene rings is 3. The lowest BCUT2D eigenvalue weighted by molar-refractivity contribution is -0.121. The van der Waals surface area contributed by atoms with Gasteiger partial charge >= 0.3 is 0 Å². The zero-order valence-corrected chi connectivity index (χ0v) is 21.8. The zero-order valence-electron chi connectivity index (χ0n) is 20.2. The molecular formula is C28H24ClFN4O2S. The van der Waals surface area contributed by atoms with Crippen LogP contribution in [0.5, 0.6) is 0 Å². The van der Waals surface area contributed by atoms with E-state index in [2.05, 4.69) is 10.3 Å². The lowest BCUT2D eigenvalue weighted by Gasteiger charge is -2.23. The Morgan fingerprint density at radius 3 is 2.51 bits per heavy atom. The number of anilines is 1. The van der Waals surface area contributed by atoms with Gasteiger partial charge in [-0.25, -0.2) is 9.40 Å². The molecule has 2 aliphatic rings. The Hall–Kier alpha value is -3.49. The van der Waals surface area contributed by atoms with Crippen LogP contribution in [-0.4, -0.2) is 33.0 Å². The molecule has 37 heavy (non-hydrogen) atoms. The molecule has 0 bridgehead atoms. The van der Waals surface area contributed by atoms with E-state index in [1.165, 1.54) is 23.9 Å². The van der Waals surface area contributed by atoms with Crippen molar-refractivity contribution in [3.8, 4) is 0 Å². The van der Waals surface area contributed by atoms with Gasteiger partial charge in [0.25, 0.3) is 5.91 Å². The van der Waals surface area contributed by atoms with Crippen molar-refractivity contribution in [2.45, 2.75) is 38.0 Å². The number of nitrogens with zero attached hydrogens (tertiary/aromatic N) is 3. The van der Waals surface area contributed by atoms with E-state index in [1.807, 2.05) is 44.2 Å². The minimum Gasteiger partial charge on any atom is -0.326 e. The monoisotopic (exact) mass is 534 g/mol. The van der Waals surface area contributed by atoms with E-state index in [9.17, 15) is 14.0 Å². The number of carbonyl (C=O) groups excluding carboxylic acids is 2. The average Bonchev–Trinajstić information content (AvgIpc) is 3.46. The van der Waals surface area contributed by atoms with Crippen LogP contribution in [0.25, 0.3) is 0 Å². The van der Waals surface area contributed by atoms with Crippen LogP contribution in [0.4, 0.5) is 10.1 Å². The summed E-state index contributed by atoms with van der Waals surface area (Å²) < 4.78 is 13.5. The number of hydrogen-bond acceptors (Lipinski definition) is 5. The van der Waals surface area contributed by atoms with Gasteiger partial charge in [0, 0.05) is 23.6 Å². The van der Waals surface area contributed by atoms with Gasteiger partial charge < -0.3 is 5.32 Å². The van der Waals surface area contributed by atoms with Gasteiger partial charge in [-0.2, -0.15) is 10.1 Å². The molecule has 0 radical (unpaired) electrons. The van der Waals surface area contributed by atoms with Gasteiger partial charge in [0.15, 0.2) is 5.17 Å². The third kappa shape index (κ3) is 5.60. The Balaban J connectivity index is 1.34. The fourth-order valence-corrected chi connectivity index (χ4v) is 5.44. The quantitative estimate of drug-likeness (QED) is 0.418. The van der Waals surface area contributed by atoms with Crippen molar-refractivity contribution in [3.63, 3.8) is 0 Å². The highest BCUT2D eigenvalue weighted by molar-refractivity contribution is 8.15. The highest BCUT2D eigenvalue weighted by Crippen LogP contribution is 2.39. The molecule has 188 valence electrons. The van der Waals surface area contributed by atoms with Crippen molar-refractivity contribution in [1.29, 1.82) is 0 Å². The maximum absolute atomic E-state index is 13.5. The molecule has 2 heterocycles. The largest absolute Gasteiger partial charge is 0.326 e. The van der Waals surface area contributed by atoms with Crippen LogP contribution in [0.15, 0.2) is 76.8 Å². The molecule has 0 spiro atoms. The summed E-state index contributed by atoms with van der Waals surface area (Å²) in [7, 11) is 0. The first-order valence-corrected chi connectivity index (χ1v) is 13.1. The molecular weight excluding hydrogens is 511 g/mol. The Kier molecular flexibility index (Phi) is 7.13. The lowest BCUT2D eigenvalue weighted by Crippen LogP contribution is -2.25. The average molecular weight is 535 g/mol. The highest BCUT2D eigenvalue weighted by Gasteiger charge is 2.39. The summed E-state index contributed by atoms with van der Waals surface area (Å²) in [5.41, 5.74) is 5.41. The minimum atomic E-state index is -0.641. The van der Waals surface area contributed by atoms with Gasteiger partial charge in [-0.15, -0.1) is 0 Å². The molecule has 5 rings (SSSR count). The van der Waals surface area contributed by atoms with E-state index in [4.69, 9.17) is 16.7 Å². The highest BCUT2D eigenvalue weighted by atomic mass is 35.5. The maximum atomic E-state index is 13.5. The molecule has 2 amide bonds. The third-order valence-corrected chi connectivity index (χ3v) is 7.82. The molecule has 2 atom stereocenters. The second-order valence-corrected chi connectivity index (χ2v) is 10.7. The number of hydrazone groups is 1. The minimum absolute atomic E-state index is 0.00257. The van der Waals surface area contributed by atoms with Gasteiger partial charge in [0.05, 0.1) is 11.8 Å². The number of rotatable bonds is 5. The standard InChI is InChI=1S/C28H24ClFN4O2S/c1-16-3-12-22(13-17(16)2)31-26(35)15-25-27(36)32-28(37-25)34-24(19-4-8-20(29)9-5-19)14-23(33-34)18-6-10-21(30)11-7-18/h3-13,24-25H,14-15H2,1-2H3,(H,31,35)/t24-,25+/m1/s1. The maximum Gasteiger partial charge on any atom is 0.262 e. The Bertz CT molecular complexity index is 1420. The van der Waals surface area contributed by atoms with Gasteiger partial charge in [-0.05, 0) is 72.5 Å². The van der Waals surface area contributed by atoms with Crippen molar-refractivity contribution in [3.05, 3.63) is 99.8 Å². The summed E-state index contributed by atoms with van der Waals surface area (Å²) in [6.07, 6.45) is 0.538. The molecule has 0 saturated heterocycles. The first kappa shape index (κ1) is 25.2. The topological polar surface area (TPSA) is 74.1 Å². The number of hydrogen-bond donors (Lipinski definition) is 1. The molecule has 0 unspecified atom stereocenters. The van der Waals surface area contributed by atoms with Gasteiger partial charge in [-0.1, -0.05) is 53.7 Å². The molecule has 9 heteroatoms. The number of nitrogens with one attached hydrogen (secondary N) is 1. The van der Waals surface area contributed by atoms with E-state index in [0.717, 1.165) is 28.0 Å². The normalized spacial score (nSPS) is 19.1. The van der Waals surface area contributed by atoms with E-state index >= 15 is 0 Å². The SMILES string of the molecule is Cc1ccc(NC(=O)C[C@@H]2SC(N3N=C(c4ccc(F)cc4)C[C@@H]3c3ccc(Cl)cc3)=NC2=O)cc1C. The van der Waals surface area contributed by atoms with E-state index in [1.54, 1.807) is 29.3 Å². The third-order valence-electron chi connectivity index (χ3n) is 6.43. The van der Waals surface area contributed by atoms with Gasteiger partial charge in [0.2, 0.25) is 5.91 Å². The summed E-state index contributed by atoms with van der Waals surface area (Å²) in [6, 6.07) is 19.1. The molecule has 0 aromatic heterocycles. The summed E-state index contributed by atoms with van der Waals surface area (Å²) in [5, 5.41) is 9.79. The molecule has 0 saturated carbocycles. The van der Waals surface area contributed by atoms with Crippen molar-refractivity contribution < 1.29 is 14.0 Å². The molecule has 2 aliphatic heterocycles. The Morgan fingerprint density at radius 2 is 1.81 bits per heavy atom. The van der Waals surface area contributed by atoms with Crippen LogP contribution in [0.3, 0.4) is 0 Å². The van der Waals surface area contributed by atoms with E-state index in [0.29, 0.717) is 22.3 Å². The predicted octanol–water partition coefficient (Wildman–Crippen LogP) is 6.27. The van der Waals surface area contributed by atoms with Crippen molar-refractivity contribution >= 4 is 51.7 Å². The zero-order chi connectivity index (χ0) is 26.1. The van der Waals surface area contributed by atoms with Crippen molar-refractivity contribution in [2.75, 3.05) is 5.32 Å². The molecule has 3 aromatic rings. The fourth-order valence-electron chi connectivity index (χ4n) is 4.25. The summed E-state index contributed by atoms with van der Waals surface area (Å²) in [5.74, 6) is -0.941. The molecule has 0 fully saturated rings. The number of amidine groups is 1. The Labute approximate surface area is 223 Å². The van der Waals surface area contributed by atoms with Crippen LogP contribution in [0.1, 0.15) is 41.1 Å². The van der Waals surface area contributed by atoms with E-state index < -0.39 is 5.25 Å². The fraction of sp³-hybridized carbons (Fsp3) is 0.214. The molecule has 0 aliphatic carbocycles. The number of aryl methyl sites for hydroxylation is 2. The lowest BCUT2D eigenvalue weighted by atomic mass is 9.99. The Morgan fingerprint density at radius 1 is 1.08 bits per heavy atom. The molecule has 3 aromatic carbocycles.